The number of aryl methyl sites for hydroxylation is 2. The Balaban J connectivity index is 1.20. The van der Waals surface area contributed by atoms with E-state index < -0.39 is 46.5 Å². The summed E-state index contributed by atoms with van der Waals surface area (Å²) in [5.74, 6) is -2.05. The Morgan fingerprint density at radius 2 is 1.77 bits per heavy atom. The van der Waals surface area contributed by atoms with E-state index in [1.807, 2.05) is 31.2 Å². The lowest BCUT2D eigenvalue weighted by Gasteiger charge is -2.47. The van der Waals surface area contributed by atoms with E-state index in [9.17, 15) is 19.5 Å². The number of amides is 2. The van der Waals surface area contributed by atoms with E-state index in [4.69, 9.17) is 21.4 Å². The second-order valence-electron chi connectivity index (χ2n) is 14.0. The molecule has 2 amide bonds. The fourth-order valence-electron chi connectivity index (χ4n) is 8.75. The second-order valence-corrected chi connectivity index (χ2v) is 15.5. The van der Waals surface area contributed by atoms with Crippen molar-refractivity contribution in [1.29, 1.82) is 0 Å². The quantitative estimate of drug-likeness (QED) is 0.170. The molecule has 1 N–H and O–H groups in total. The molecule has 14 heteroatoms. The largest absolute Gasteiger partial charge is 0.508 e. The summed E-state index contributed by atoms with van der Waals surface area (Å²) in [4.78, 5) is 59.9. The van der Waals surface area contributed by atoms with Crippen molar-refractivity contribution in [3.8, 4) is 27.8 Å². The zero-order valence-corrected chi connectivity index (χ0v) is 30.7. The van der Waals surface area contributed by atoms with Crippen molar-refractivity contribution in [1.82, 2.24) is 23.7 Å². The van der Waals surface area contributed by atoms with Gasteiger partial charge in [-0.1, -0.05) is 41.9 Å². The van der Waals surface area contributed by atoms with Crippen molar-refractivity contribution < 1.29 is 19.4 Å². The molecular weight excluding hydrogens is 716 g/mol. The van der Waals surface area contributed by atoms with Gasteiger partial charge < -0.3 is 9.84 Å². The molecule has 1 saturated heterocycles. The molecule has 1 saturated carbocycles. The van der Waals surface area contributed by atoms with Gasteiger partial charge in [-0.15, -0.1) is 11.3 Å². The molecule has 53 heavy (non-hydrogen) atoms. The number of carbonyl (C=O) groups is 2. The highest BCUT2D eigenvalue weighted by Gasteiger charge is 2.66. The lowest BCUT2D eigenvalue weighted by molar-refractivity contribution is -0.129. The van der Waals surface area contributed by atoms with Crippen molar-refractivity contribution in [2.24, 2.45) is 18.4 Å². The van der Waals surface area contributed by atoms with Gasteiger partial charge in [-0.3, -0.25) is 14.3 Å². The molecular formula is C39H33ClN6O6S. The standard InChI is InChI=1S/C39H33ClN6O6S/c1-20-26-16-21(40)10-13-31(26)53-34(20)28-19-32(42(3)41-28)45-35(48)27-18-29-24(33(39(27,2)36(45)49)25-12-11-23(52-4)17-30(25)47)14-15-43-37(50)44(38(51)46(29)43)22-8-6-5-7-9-22/h5-14,16-17,19,27,29,33,47H,15,18H2,1-4H3/t27-,29+,33+,39+/m0/s1. The minimum absolute atomic E-state index is 0.0601. The maximum absolute atomic E-state index is 15.1. The highest BCUT2D eigenvalue weighted by molar-refractivity contribution is 7.22. The van der Waals surface area contributed by atoms with Gasteiger partial charge in [-0.05, 0) is 73.2 Å². The predicted octanol–water partition coefficient (Wildman–Crippen LogP) is 5.96. The van der Waals surface area contributed by atoms with Gasteiger partial charge in [0.1, 0.15) is 23.0 Å². The highest BCUT2D eigenvalue weighted by atomic mass is 35.5. The number of nitrogens with zero attached hydrogens (tertiary/aromatic N) is 6. The summed E-state index contributed by atoms with van der Waals surface area (Å²) in [6, 6.07) is 20.3. The van der Waals surface area contributed by atoms with Gasteiger partial charge in [0.25, 0.3) is 0 Å². The van der Waals surface area contributed by atoms with Gasteiger partial charge in [0, 0.05) is 40.4 Å². The Morgan fingerprint density at radius 1 is 1.00 bits per heavy atom. The van der Waals surface area contributed by atoms with Crippen LogP contribution in [0, 0.1) is 18.3 Å². The summed E-state index contributed by atoms with van der Waals surface area (Å²) in [7, 11) is 3.19. The summed E-state index contributed by atoms with van der Waals surface area (Å²) < 4.78 is 11.9. The van der Waals surface area contributed by atoms with Crippen molar-refractivity contribution in [3.05, 3.63) is 122 Å². The second kappa shape index (κ2) is 11.7. The Kier molecular flexibility index (Phi) is 7.31. The van der Waals surface area contributed by atoms with Crippen LogP contribution in [0.2, 0.25) is 5.02 Å². The number of imide groups is 1. The molecule has 5 heterocycles. The molecule has 9 rings (SSSR count). The smallest absolute Gasteiger partial charge is 0.352 e. The molecule has 3 aliphatic rings. The SMILES string of the molecule is COc1ccc([C@H]2C3=CCn4c(=O)n(-c5ccccc5)c(=O)n4[C@@H]3C[C@H]3C(=O)N(c4cc(-c5sc6ccc(Cl)cc6c5C)nn4C)C(=O)[C@@]23C)c(O)c1. The van der Waals surface area contributed by atoms with Gasteiger partial charge in [-0.2, -0.15) is 5.10 Å². The summed E-state index contributed by atoms with van der Waals surface area (Å²) in [6.07, 6.45) is 1.94. The van der Waals surface area contributed by atoms with E-state index in [-0.39, 0.29) is 18.7 Å². The van der Waals surface area contributed by atoms with E-state index >= 15 is 4.79 Å². The van der Waals surface area contributed by atoms with Crippen molar-refractivity contribution in [2.75, 3.05) is 12.0 Å². The van der Waals surface area contributed by atoms with Crippen LogP contribution in [-0.2, 0) is 23.2 Å². The number of hydrogen-bond donors (Lipinski definition) is 1. The van der Waals surface area contributed by atoms with Crippen LogP contribution in [0.4, 0.5) is 5.82 Å². The van der Waals surface area contributed by atoms with E-state index in [0.717, 1.165) is 25.1 Å². The minimum atomic E-state index is -1.38. The topological polar surface area (TPSA) is 134 Å². The van der Waals surface area contributed by atoms with E-state index in [1.165, 1.54) is 32.1 Å². The first-order valence-corrected chi connectivity index (χ1v) is 18.3. The molecule has 0 unspecified atom stereocenters. The lowest BCUT2D eigenvalue weighted by atomic mass is 9.56. The summed E-state index contributed by atoms with van der Waals surface area (Å²) in [5, 5.41) is 17.9. The number of aromatic hydroxyl groups is 1. The van der Waals surface area contributed by atoms with Gasteiger partial charge in [-0.25, -0.2) is 28.4 Å². The molecule has 2 aliphatic heterocycles. The summed E-state index contributed by atoms with van der Waals surface area (Å²) in [6.45, 7) is 3.82. The van der Waals surface area contributed by atoms with Crippen molar-refractivity contribution >= 4 is 50.7 Å². The average Bonchev–Trinajstić information content (AvgIpc) is 3.82. The summed E-state index contributed by atoms with van der Waals surface area (Å²) in [5.41, 5.74) is 0.657. The number of benzene rings is 3. The molecule has 4 atom stereocenters. The number of thiophene rings is 1. The fourth-order valence-corrected chi connectivity index (χ4v) is 10.1. The summed E-state index contributed by atoms with van der Waals surface area (Å²) >= 11 is 7.86. The number of phenolic OH excluding ortho intramolecular Hbond substituents is 1. The average molecular weight is 749 g/mol. The third-order valence-electron chi connectivity index (χ3n) is 11.3. The number of hydrogen-bond acceptors (Lipinski definition) is 8. The minimum Gasteiger partial charge on any atom is -0.508 e. The Hall–Kier alpha value is -5.66. The third kappa shape index (κ3) is 4.56. The molecule has 3 aromatic heterocycles. The fraction of sp³-hybridized carbons (Fsp3) is 0.256. The van der Waals surface area contributed by atoms with Crippen LogP contribution < -0.4 is 21.0 Å². The Bertz CT molecular complexity index is 2700. The molecule has 12 nitrogen and oxygen atoms in total. The number of para-hydroxylation sites is 1. The Labute approximate surface area is 311 Å². The molecule has 2 fully saturated rings. The maximum atomic E-state index is 15.1. The van der Waals surface area contributed by atoms with E-state index in [2.05, 4.69) is 0 Å². The molecule has 1 aliphatic carbocycles. The van der Waals surface area contributed by atoms with Crippen LogP contribution >= 0.6 is 22.9 Å². The van der Waals surface area contributed by atoms with Gasteiger partial charge in [0.2, 0.25) is 11.8 Å². The number of methoxy groups -OCH3 is 1. The van der Waals surface area contributed by atoms with Gasteiger partial charge >= 0.3 is 11.4 Å². The van der Waals surface area contributed by atoms with Crippen LogP contribution in [0.25, 0.3) is 26.3 Å². The normalized spacial score (nSPS) is 22.2. The lowest BCUT2D eigenvalue weighted by Crippen LogP contribution is -2.49. The van der Waals surface area contributed by atoms with Crippen LogP contribution in [0.3, 0.4) is 0 Å². The predicted molar refractivity (Wildman–Crippen MR) is 201 cm³/mol. The number of halogens is 1. The first kappa shape index (κ1) is 33.2. The number of allylic oxidation sites excluding steroid dienone is 2. The monoisotopic (exact) mass is 748 g/mol. The molecule has 3 aromatic carbocycles. The maximum Gasteiger partial charge on any atom is 0.352 e. The highest BCUT2D eigenvalue weighted by Crippen LogP contribution is 2.62. The number of carbonyl (C=O) groups excluding carboxylic acids is 2. The zero-order chi connectivity index (χ0) is 37.1. The van der Waals surface area contributed by atoms with Crippen LogP contribution in [0.5, 0.6) is 11.5 Å². The molecule has 0 spiro atoms. The number of aromatic nitrogens is 5. The molecule has 0 radical (unpaired) electrons. The molecule has 0 bridgehead atoms. The zero-order valence-electron chi connectivity index (χ0n) is 29.1. The molecule has 6 aromatic rings. The van der Waals surface area contributed by atoms with Crippen molar-refractivity contribution in [3.63, 3.8) is 0 Å². The van der Waals surface area contributed by atoms with E-state index in [1.54, 1.807) is 73.8 Å². The van der Waals surface area contributed by atoms with Crippen molar-refractivity contribution in [2.45, 2.75) is 38.8 Å². The third-order valence-corrected chi connectivity index (χ3v) is 12.8. The number of fused-ring (bicyclic) bond motifs is 5. The number of anilines is 1. The van der Waals surface area contributed by atoms with Gasteiger partial charge in [0.15, 0.2) is 0 Å². The van der Waals surface area contributed by atoms with Crippen LogP contribution in [0.15, 0.2) is 94.0 Å². The molecule has 268 valence electrons. The first-order valence-electron chi connectivity index (χ1n) is 17.1. The van der Waals surface area contributed by atoms with E-state index in [0.29, 0.717) is 39.1 Å². The van der Waals surface area contributed by atoms with Gasteiger partial charge in [0.05, 0.1) is 41.6 Å². The Morgan fingerprint density at radius 3 is 2.51 bits per heavy atom. The van der Waals surface area contributed by atoms with Crippen LogP contribution in [0.1, 0.15) is 36.4 Å². The first-order chi connectivity index (χ1) is 25.4. The van der Waals surface area contributed by atoms with Crippen LogP contribution in [-0.4, -0.2) is 47.7 Å². The number of rotatable bonds is 5. The number of phenols is 1. The number of ether oxygens (including phenoxy) is 1.